The number of ether oxygens (including phenoxy) is 1. The number of unbranched alkanes of at least 4 members (excludes halogenated alkanes) is 8. The maximum absolute atomic E-state index is 11.6. The Morgan fingerprint density at radius 3 is 1.10 bits per heavy atom. The molecule has 448 valence electrons. The fourth-order valence-electron chi connectivity index (χ4n) is 10.5. The summed E-state index contributed by atoms with van der Waals surface area (Å²) in [7, 11) is 0. The van der Waals surface area contributed by atoms with Crippen molar-refractivity contribution in [3.8, 4) is 47.9 Å². The summed E-state index contributed by atoms with van der Waals surface area (Å²) in [6.07, 6.45) is 27.6. The van der Waals surface area contributed by atoms with Gasteiger partial charge in [0, 0.05) is 23.3 Å². The Hall–Kier alpha value is -9.33. The fourth-order valence-corrected chi connectivity index (χ4v) is 10.5. The molecule has 1 aliphatic carbocycles. The number of fused-ring (bicyclic) bond motifs is 10. The number of terminal acetylenes is 1. The minimum atomic E-state index is -0.335. The van der Waals surface area contributed by atoms with Crippen LogP contribution in [0.2, 0.25) is 0 Å². The lowest BCUT2D eigenvalue weighted by molar-refractivity contribution is -0.139. The van der Waals surface area contributed by atoms with Gasteiger partial charge in [-0.3, -0.25) is 4.68 Å². The summed E-state index contributed by atoms with van der Waals surface area (Å²) in [5, 5.41) is 53.9. The van der Waals surface area contributed by atoms with Crippen molar-refractivity contribution in [2.45, 2.75) is 176 Å². The lowest BCUT2D eigenvalue weighted by Gasteiger charge is -2.22. The van der Waals surface area contributed by atoms with Crippen LogP contribution in [0.1, 0.15) is 226 Å². The number of hydrogen-bond acceptors (Lipinski definition) is 8. The Labute approximate surface area is 524 Å². The summed E-state index contributed by atoms with van der Waals surface area (Å²) < 4.78 is 7.09. The molecule has 0 unspecified atom stereocenters. The molecule has 9 nitrogen and oxygen atoms in total. The smallest absolute Gasteiger partial charge is 0.333 e. The Kier molecular flexibility index (Phi) is 21.4. The molecule has 88 heavy (non-hydrogen) atoms. The molecule has 0 radical (unpaired) electrons. The summed E-state index contributed by atoms with van der Waals surface area (Å²) in [5.41, 5.74) is 14.2. The zero-order valence-corrected chi connectivity index (χ0v) is 54.1. The molecular formula is C79H85N7O2. The molecule has 0 amide bonds. The zero-order valence-electron chi connectivity index (χ0n) is 54.1. The normalized spacial score (nSPS) is 15.4. The predicted octanol–water partition coefficient (Wildman–Crippen LogP) is 19.5. The molecule has 5 aromatic carbocycles. The molecular weight excluding hydrogens is 1080 g/mol. The third kappa shape index (κ3) is 17.9. The van der Waals surface area contributed by atoms with E-state index in [-0.39, 0.29) is 27.6 Å². The van der Waals surface area contributed by atoms with Crippen LogP contribution in [-0.2, 0) is 37.7 Å². The third-order valence-corrected chi connectivity index (χ3v) is 15.9. The molecule has 10 bridgehead atoms. The molecule has 0 N–H and O–H groups in total. The fraction of sp³-hybridized carbons (Fsp3) is 0.354. The van der Waals surface area contributed by atoms with Crippen LogP contribution < -0.4 is 0 Å². The Bertz CT molecular complexity index is 3990. The highest BCUT2D eigenvalue weighted by Gasteiger charge is 2.23. The van der Waals surface area contributed by atoms with Crippen LogP contribution in [0.25, 0.3) is 69.5 Å². The Balaban J connectivity index is 1.39. The van der Waals surface area contributed by atoms with E-state index in [0.29, 0.717) is 74.5 Å². The number of benzene rings is 5. The molecule has 0 atom stereocenters. The minimum Gasteiger partial charge on any atom is -0.462 e. The van der Waals surface area contributed by atoms with Crippen molar-refractivity contribution in [3.05, 3.63) is 187 Å². The molecule has 9 heteroatoms. The quantitative estimate of drug-likeness (QED) is 0.0452. The van der Waals surface area contributed by atoms with Gasteiger partial charge >= 0.3 is 5.97 Å². The number of carbonyl (C=O) groups is 1. The number of carbonyl (C=O) groups excluding carboxylic acids is 1. The van der Waals surface area contributed by atoms with Gasteiger partial charge in [0.1, 0.15) is 5.69 Å². The SMILES string of the molecule is C#C/C1=C\c2cc(cc(C(C)(C)C)c2)/C(C#N)=C/c2cc(cc(C(C)(C)C)c2)/C(C#N)=C/c2cc(cc(-c3cn(CCCCCCCCCCCOC(=O)C(=C)C)nn3)c2)C(C#N)=Cc2cc(cc(C(C)(C)C)c2)/C(C#N)=C/c2cc1cc(C(C)(C)C)c2. The standard InChI is InChI=1S/C79H85N7O2/c1-16-59-28-55-31-62(45-71(39-55)77(7,8)9)69(51-83)38-58-33-63(46-73(42-58)79(13,14)15)67(49-81)35-54-29-60(43-65(34-54)74-52-86(85-84-74)26-24-22-20-18-17-19-21-23-25-27-88-75(87)53(2)3)66(48-80)36-57-32-64(47-72(41-57)78(10,11)12)68(50-82)37-56-30-61(59)44-70(40-56)76(4,5)6/h1,28-47,52H,2,17-27H2,3-15H3/b59-28+,66-36?,67-35+,68-37+,69-38+. The highest BCUT2D eigenvalue weighted by atomic mass is 16.5. The van der Waals surface area contributed by atoms with Crippen molar-refractivity contribution in [1.29, 1.82) is 21.0 Å². The average Bonchev–Trinajstić information content (AvgIpc) is 1.65. The van der Waals surface area contributed by atoms with Gasteiger partial charge in [-0.2, -0.15) is 21.0 Å². The number of aryl methyl sites for hydroxylation is 1. The van der Waals surface area contributed by atoms with E-state index in [1.165, 1.54) is 0 Å². The highest BCUT2D eigenvalue weighted by molar-refractivity contribution is 5.98. The first-order valence-electron chi connectivity index (χ1n) is 30.8. The first-order chi connectivity index (χ1) is 41.6. The molecule has 1 aliphatic rings. The number of rotatable bonds is 14. The molecule has 0 saturated carbocycles. The maximum atomic E-state index is 11.6. The first kappa shape index (κ1) is 66.2. The second-order valence-corrected chi connectivity index (χ2v) is 27.6. The van der Waals surface area contributed by atoms with E-state index in [4.69, 9.17) is 11.2 Å². The van der Waals surface area contributed by atoms with Gasteiger partial charge in [0.25, 0.3) is 0 Å². The molecule has 1 heterocycles. The van der Waals surface area contributed by atoms with E-state index in [0.717, 1.165) is 119 Å². The van der Waals surface area contributed by atoms with Gasteiger partial charge in [-0.05, 0) is 216 Å². The van der Waals surface area contributed by atoms with E-state index in [1.54, 1.807) is 6.92 Å². The average molecular weight is 1160 g/mol. The Morgan fingerprint density at radius 1 is 0.455 bits per heavy atom. The molecule has 0 saturated heterocycles. The van der Waals surface area contributed by atoms with E-state index in [9.17, 15) is 25.8 Å². The first-order valence-corrected chi connectivity index (χ1v) is 30.8. The summed E-state index contributed by atoms with van der Waals surface area (Å²) in [5.74, 6) is 2.68. The zero-order chi connectivity index (χ0) is 64.1. The number of hydrogen-bond donors (Lipinski definition) is 0. The van der Waals surface area contributed by atoms with Crippen LogP contribution >= 0.6 is 0 Å². The van der Waals surface area contributed by atoms with Crippen LogP contribution in [0, 0.1) is 57.7 Å². The molecule has 1 aromatic heterocycles. The van der Waals surface area contributed by atoms with E-state index >= 15 is 0 Å². The van der Waals surface area contributed by atoms with Crippen LogP contribution in [-0.4, -0.2) is 27.6 Å². The monoisotopic (exact) mass is 1160 g/mol. The van der Waals surface area contributed by atoms with Crippen LogP contribution in [0.15, 0.2) is 109 Å². The predicted molar refractivity (Wildman–Crippen MR) is 364 cm³/mol. The summed E-state index contributed by atoms with van der Waals surface area (Å²) in [4.78, 5) is 11.6. The van der Waals surface area contributed by atoms with Crippen molar-refractivity contribution in [2.75, 3.05) is 6.61 Å². The van der Waals surface area contributed by atoms with E-state index in [2.05, 4.69) is 173 Å². The highest BCUT2D eigenvalue weighted by Crippen LogP contribution is 2.37. The number of aromatic nitrogens is 3. The topological polar surface area (TPSA) is 152 Å². The second-order valence-electron chi connectivity index (χ2n) is 27.6. The second kappa shape index (κ2) is 28.5. The molecule has 0 fully saturated rings. The van der Waals surface area contributed by atoms with Crippen LogP contribution in [0.4, 0.5) is 0 Å². The van der Waals surface area contributed by atoms with Gasteiger partial charge in [0.2, 0.25) is 0 Å². The van der Waals surface area contributed by atoms with E-state index in [1.807, 2.05) is 89.8 Å². The number of allylic oxidation sites excluding steroid dienone is 5. The summed E-state index contributed by atoms with van der Waals surface area (Å²) in [6, 6.07) is 40.7. The molecule has 0 spiro atoms. The molecule has 7 rings (SSSR count). The summed E-state index contributed by atoms with van der Waals surface area (Å²) in [6.45, 7) is 32.2. The van der Waals surface area contributed by atoms with Crippen LogP contribution in [0.5, 0.6) is 0 Å². The van der Waals surface area contributed by atoms with Crippen molar-refractivity contribution in [1.82, 2.24) is 15.0 Å². The number of nitriles is 4. The molecule has 6 aromatic rings. The van der Waals surface area contributed by atoms with Crippen molar-refractivity contribution in [3.63, 3.8) is 0 Å². The van der Waals surface area contributed by atoms with E-state index < -0.39 is 0 Å². The van der Waals surface area contributed by atoms with Gasteiger partial charge in [0.15, 0.2) is 0 Å². The van der Waals surface area contributed by atoms with Gasteiger partial charge in [-0.15, -0.1) is 11.5 Å². The van der Waals surface area contributed by atoms with Crippen molar-refractivity contribution in [2.24, 2.45) is 0 Å². The van der Waals surface area contributed by atoms with Gasteiger partial charge < -0.3 is 4.74 Å². The number of esters is 1. The van der Waals surface area contributed by atoms with Gasteiger partial charge in [-0.25, -0.2) is 4.79 Å². The maximum Gasteiger partial charge on any atom is 0.333 e. The number of nitrogens with zero attached hydrogens (tertiary/aromatic N) is 7. The van der Waals surface area contributed by atoms with Crippen molar-refractivity contribution >= 4 is 64.2 Å². The summed E-state index contributed by atoms with van der Waals surface area (Å²) >= 11 is 0. The Morgan fingerprint density at radius 2 is 0.761 bits per heavy atom. The molecule has 0 aliphatic heterocycles. The lowest BCUT2D eigenvalue weighted by atomic mass is 9.82. The largest absolute Gasteiger partial charge is 0.462 e. The van der Waals surface area contributed by atoms with Gasteiger partial charge in [-0.1, -0.05) is 170 Å². The minimum absolute atomic E-state index is 0.285. The van der Waals surface area contributed by atoms with Crippen LogP contribution in [0.3, 0.4) is 0 Å². The third-order valence-electron chi connectivity index (χ3n) is 15.9. The van der Waals surface area contributed by atoms with Crippen molar-refractivity contribution < 1.29 is 9.53 Å². The van der Waals surface area contributed by atoms with Gasteiger partial charge in [0.05, 0.1) is 59.4 Å². The lowest BCUT2D eigenvalue weighted by Crippen LogP contribution is -2.12.